The molecule has 2 heteroatoms. The van der Waals surface area contributed by atoms with Crippen molar-refractivity contribution >= 4 is 0 Å². The van der Waals surface area contributed by atoms with Gasteiger partial charge in [-0.3, -0.25) is 0 Å². The van der Waals surface area contributed by atoms with Crippen LogP contribution in [0.5, 0.6) is 0 Å². The van der Waals surface area contributed by atoms with Crippen LogP contribution in [0, 0.1) is 40.9 Å². The van der Waals surface area contributed by atoms with Gasteiger partial charge in [0, 0.05) is 13.2 Å². The Morgan fingerprint density at radius 3 is 2.21 bits per heavy atom. The number of nitrogens with two attached hydrogens (primary N) is 1. The summed E-state index contributed by atoms with van der Waals surface area (Å²) in [7, 11) is 0. The van der Waals surface area contributed by atoms with Crippen LogP contribution >= 0.6 is 0 Å². The lowest BCUT2D eigenvalue weighted by molar-refractivity contribution is -0.0577. The third-order valence-electron chi connectivity index (χ3n) is 8.46. The molecule has 7 atom stereocenters. The molecule has 3 aliphatic carbocycles. The number of fused-ring (bicyclic) bond motifs is 3. The lowest BCUT2D eigenvalue weighted by Gasteiger charge is -2.55. The van der Waals surface area contributed by atoms with Gasteiger partial charge in [-0.1, -0.05) is 54.4 Å². The Balaban J connectivity index is 0.000000921. The summed E-state index contributed by atoms with van der Waals surface area (Å²) in [5.41, 5.74) is 6.71. The van der Waals surface area contributed by atoms with E-state index in [-0.39, 0.29) is 0 Å². The molecule has 0 amide bonds. The fourth-order valence-electron chi connectivity index (χ4n) is 7.25. The highest BCUT2D eigenvalue weighted by Gasteiger charge is 2.55. The van der Waals surface area contributed by atoms with Crippen molar-refractivity contribution in [3.8, 4) is 0 Å². The molecule has 0 spiro atoms. The molecule has 0 bridgehead atoms. The van der Waals surface area contributed by atoms with Crippen molar-refractivity contribution in [3.63, 3.8) is 0 Å². The minimum atomic E-state index is 0.560. The normalized spacial score (nSPS) is 39.0. The topological polar surface area (TPSA) is 35.2 Å². The third kappa shape index (κ3) is 5.54. The van der Waals surface area contributed by atoms with Crippen molar-refractivity contribution in [2.24, 2.45) is 46.7 Å². The summed E-state index contributed by atoms with van der Waals surface area (Å²) in [6.07, 6.45) is 12.8. The van der Waals surface area contributed by atoms with Crippen LogP contribution in [0.1, 0.15) is 106 Å². The van der Waals surface area contributed by atoms with Gasteiger partial charge in [0.05, 0.1) is 0 Å². The Morgan fingerprint density at radius 1 is 0.893 bits per heavy atom. The summed E-state index contributed by atoms with van der Waals surface area (Å²) >= 11 is 0. The molecule has 3 saturated carbocycles. The molecule has 0 aliphatic heterocycles. The average Bonchev–Trinajstić information content (AvgIpc) is 3.09. The third-order valence-corrected chi connectivity index (χ3v) is 8.46. The average molecular weight is 396 g/mol. The Hall–Kier alpha value is -0.0800. The van der Waals surface area contributed by atoms with E-state index in [1.54, 1.807) is 0 Å². The Bertz CT molecular complexity index is 398. The Morgan fingerprint density at radius 2 is 1.61 bits per heavy atom. The van der Waals surface area contributed by atoms with Gasteiger partial charge in [-0.05, 0) is 99.3 Å². The lowest BCUT2D eigenvalue weighted by atomic mass is 9.50. The maximum Gasteiger partial charge on any atom is 0.0468 e. The van der Waals surface area contributed by atoms with Crippen molar-refractivity contribution < 1.29 is 4.74 Å². The lowest BCUT2D eigenvalue weighted by Crippen LogP contribution is -2.48. The zero-order valence-electron chi connectivity index (χ0n) is 20.4. The first-order valence-corrected chi connectivity index (χ1v) is 12.9. The molecule has 168 valence electrons. The molecule has 0 saturated heterocycles. The van der Waals surface area contributed by atoms with Crippen molar-refractivity contribution in [2.45, 2.75) is 106 Å². The second-order valence-corrected chi connectivity index (χ2v) is 9.26. The van der Waals surface area contributed by atoms with Gasteiger partial charge in [-0.15, -0.1) is 0 Å². The molecule has 0 radical (unpaired) electrons. The van der Waals surface area contributed by atoms with Gasteiger partial charge in [0.15, 0.2) is 0 Å². The van der Waals surface area contributed by atoms with Gasteiger partial charge in [0.25, 0.3) is 0 Å². The van der Waals surface area contributed by atoms with Gasteiger partial charge in [0.1, 0.15) is 0 Å². The van der Waals surface area contributed by atoms with E-state index in [1.165, 1.54) is 57.8 Å². The fourth-order valence-corrected chi connectivity index (χ4v) is 7.25. The largest absolute Gasteiger partial charge is 0.382 e. The molecule has 2 N–H and O–H groups in total. The predicted octanol–water partition coefficient (Wildman–Crippen LogP) is 7.31. The van der Waals surface area contributed by atoms with Gasteiger partial charge in [-0.2, -0.15) is 0 Å². The maximum absolute atomic E-state index is 6.15. The van der Waals surface area contributed by atoms with E-state index >= 15 is 0 Å². The molecule has 7 unspecified atom stereocenters. The Labute approximate surface area is 177 Å². The van der Waals surface area contributed by atoms with E-state index in [2.05, 4.69) is 20.8 Å². The van der Waals surface area contributed by atoms with Crippen LogP contribution in [0.3, 0.4) is 0 Å². The molecular weight excluding hydrogens is 342 g/mol. The summed E-state index contributed by atoms with van der Waals surface area (Å²) < 4.78 is 5.70. The molecule has 3 rings (SSSR count). The van der Waals surface area contributed by atoms with Crippen LogP contribution in [-0.4, -0.2) is 19.8 Å². The minimum absolute atomic E-state index is 0.560. The molecule has 3 aliphatic rings. The van der Waals surface area contributed by atoms with Crippen LogP contribution in [-0.2, 0) is 4.74 Å². The van der Waals surface area contributed by atoms with Crippen molar-refractivity contribution in [3.05, 3.63) is 0 Å². The van der Waals surface area contributed by atoms with E-state index in [4.69, 9.17) is 10.5 Å². The highest BCUT2D eigenvalue weighted by Crippen LogP contribution is 2.63. The zero-order valence-corrected chi connectivity index (χ0v) is 20.4. The van der Waals surface area contributed by atoms with E-state index in [0.29, 0.717) is 5.41 Å². The molecule has 0 heterocycles. The number of rotatable bonds is 7. The van der Waals surface area contributed by atoms with Gasteiger partial charge in [-0.25, -0.2) is 0 Å². The summed E-state index contributed by atoms with van der Waals surface area (Å²) in [5.74, 6) is 5.66. The van der Waals surface area contributed by atoms with E-state index in [0.717, 1.165) is 55.3 Å². The molecule has 0 aromatic heterocycles. The summed E-state index contributed by atoms with van der Waals surface area (Å²) in [5, 5.41) is 0. The van der Waals surface area contributed by atoms with Crippen molar-refractivity contribution in [1.82, 2.24) is 0 Å². The highest BCUT2D eigenvalue weighted by atomic mass is 16.5. The molecule has 0 aromatic rings. The monoisotopic (exact) mass is 395 g/mol. The standard InChI is InChI=1S/C22H41NO.2C2H6/c1-4-6-18-16(12-14-24-5-2)7-9-20-19(18)11-13-22(3)17(15-23)8-10-21(20)22;2*1-2/h16-21H,4-15,23H2,1-3H3;2*1-2H3. The number of hydrogen-bond donors (Lipinski definition) is 1. The van der Waals surface area contributed by atoms with E-state index in [9.17, 15) is 0 Å². The van der Waals surface area contributed by atoms with Crippen LogP contribution in [0.4, 0.5) is 0 Å². The second-order valence-electron chi connectivity index (χ2n) is 9.26. The first-order chi connectivity index (χ1) is 13.7. The molecule has 2 nitrogen and oxygen atoms in total. The summed E-state index contributed by atoms with van der Waals surface area (Å²) in [4.78, 5) is 0. The predicted molar refractivity (Wildman–Crippen MR) is 125 cm³/mol. The van der Waals surface area contributed by atoms with Crippen LogP contribution in [0.15, 0.2) is 0 Å². The van der Waals surface area contributed by atoms with Gasteiger partial charge >= 0.3 is 0 Å². The minimum Gasteiger partial charge on any atom is -0.382 e. The van der Waals surface area contributed by atoms with Crippen LogP contribution < -0.4 is 5.73 Å². The van der Waals surface area contributed by atoms with E-state index < -0.39 is 0 Å². The molecule has 3 fully saturated rings. The number of ether oxygens (including phenoxy) is 1. The summed E-state index contributed by atoms with van der Waals surface area (Å²) in [6, 6.07) is 0. The smallest absolute Gasteiger partial charge is 0.0468 e. The molecular formula is C26H53NO. The van der Waals surface area contributed by atoms with Crippen molar-refractivity contribution in [2.75, 3.05) is 19.8 Å². The summed E-state index contributed by atoms with van der Waals surface area (Å²) in [6.45, 7) is 17.9. The molecule has 28 heavy (non-hydrogen) atoms. The van der Waals surface area contributed by atoms with Crippen LogP contribution in [0.25, 0.3) is 0 Å². The van der Waals surface area contributed by atoms with E-state index in [1.807, 2.05) is 27.7 Å². The second kappa shape index (κ2) is 13.3. The number of hydrogen-bond acceptors (Lipinski definition) is 2. The maximum atomic E-state index is 6.15. The van der Waals surface area contributed by atoms with Gasteiger partial charge in [0.2, 0.25) is 0 Å². The highest BCUT2D eigenvalue weighted by molar-refractivity contribution is 5.05. The Kier molecular flexibility index (Phi) is 12.3. The first-order valence-electron chi connectivity index (χ1n) is 12.9. The van der Waals surface area contributed by atoms with Crippen LogP contribution in [0.2, 0.25) is 0 Å². The quantitative estimate of drug-likeness (QED) is 0.459. The molecule has 0 aromatic carbocycles. The SMILES string of the molecule is CC.CC.CCCC1C(CCOCC)CCC2C1CCC1(C)C(CN)CCC21. The van der Waals surface area contributed by atoms with Crippen molar-refractivity contribution in [1.29, 1.82) is 0 Å². The first kappa shape index (κ1) is 26.0. The fraction of sp³-hybridized carbons (Fsp3) is 1.00. The van der Waals surface area contributed by atoms with Gasteiger partial charge < -0.3 is 10.5 Å². The zero-order chi connectivity index (χ0) is 21.2.